The lowest BCUT2D eigenvalue weighted by molar-refractivity contribution is 0.390. The van der Waals surface area contributed by atoms with Crippen molar-refractivity contribution in [3.05, 3.63) is 0 Å². The molecule has 1 saturated carbocycles. The van der Waals surface area contributed by atoms with Crippen molar-refractivity contribution < 1.29 is 0 Å². The molecular weight excluding hydrogens is 273 g/mol. The Kier molecular flexibility index (Phi) is 5.63. The Morgan fingerprint density at radius 1 is 1.31 bits per heavy atom. The summed E-state index contributed by atoms with van der Waals surface area (Å²) < 4.78 is 1.24. The SMILES string of the molecule is CC(C)C(CI)NCC1CCCC1. The van der Waals surface area contributed by atoms with E-state index in [1.165, 1.54) is 36.7 Å². The van der Waals surface area contributed by atoms with Crippen LogP contribution >= 0.6 is 22.6 Å². The van der Waals surface area contributed by atoms with Crippen LogP contribution in [0.25, 0.3) is 0 Å². The Morgan fingerprint density at radius 3 is 2.38 bits per heavy atom. The predicted molar refractivity (Wildman–Crippen MR) is 67.5 cm³/mol. The van der Waals surface area contributed by atoms with Crippen molar-refractivity contribution in [1.29, 1.82) is 0 Å². The Bertz CT molecular complexity index is 130. The van der Waals surface area contributed by atoms with E-state index in [-0.39, 0.29) is 0 Å². The first-order chi connectivity index (χ1) is 6.24. The summed E-state index contributed by atoms with van der Waals surface area (Å²) in [7, 11) is 0. The van der Waals surface area contributed by atoms with Crippen LogP contribution < -0.4 is 5.32 Å². The van der Waals surface area contributed by atoms with Gasteiger partial charge < -0.3 is 5.32 Å². The average Bonchev–Trinajstić information content (AvgIpc) is 2.57. The summed E-state index contributed by atoms with van der Waals surface area (Å²) in [6.07, 6.45) is 5.84. The van der Waals surface area contributed by atoms with Crippen LogP contribution in [-0.4, -0.2) is 17.0 Å². The highest BCUT2D eigenvalue weighted by Crippen LogP contribution is 2.24. The second kappa shape index (κ2) is 6.23. The molecule has 0 bridgehead atoms. The fraction of sp³-hybridized carbons (Fsp3) is 1.00. The van der Waals surface area contributed by atoms with Crippen LogP contribution in [0.4, 0.5) is 0 Å². The zero-order chi connectivity index (χ0) is 9.68. The number of nitrogens with one attached hydrogen (secondary N) is 1. The third-order valence-corrected chi connectivity index (χ3v) is 4.06. The molecule has 0 amide bonds. The van der Waals surface area contributed by atoms with E-state index in [9.17, 15) is 0 Å². The lowest BCUT2D eigenvalue weighted by Crippen LogP contribution is -2.37. The molecule has 1 unspecified atom stereocenters. The van der Waals surface area contributed by atoms with Gasteiger partial charge in [0.2, 0.25) is 0 Å². The van der Waals surface area contributed by atoms with E-state index in [0.29, 0.717) is 0 Å². The molecule has 0 spiro atoms. The van der Waals surface area contributed by atoms with Crippen molar-refractivity contribution in [2.75, 3.05) is 11.0 Å². The smallest absolute Gasteiger partial charge is 0.0180 e. The molecule has 1 nitrogen and oxygen atoms in total. The highest BCUT2D eigenvalue weighted by Gasteiger charge is 2.17. The van der Waals surface area contributed by atoms with Crippen LogP contribution in [0.5, 0.6) is 0 Å². The monoisotopic (exact) mass is 295 g/mol. The van der Waals surface area contributed by atoms with Gasteiger partial charge in [-0.3, -0.25) is 0 Å². The first-order valence-electron chi connectivity index (χ1n) is 5.53. The lowest BCUT2D eigenvalue weighted by atomic mass is 10.0. The fourth-order valence-corrected chi connectivity index (χ4v) is 3.33. The maximum atomic E-state index is 3.70. The Labute approximate surface area is 96.2 Å². The van der Waals surface area contributed by atoms with Crippen LogP contribution in [0.2, 0.25) is 0 Å². The predicted octanol–water partition coefficient (Wildman–Crippen LogP) is 3.23. The molecule has 0 saturated heterocycles. The minimum atomic E-state index is 0.723. The quantitative estimate of drug-likeness (QED) is 0.606. The van der Waals surface area contributed by atoms with E-state index in [4.69, 9.17) is 0 Å². The zero-order valence-corrected chi connectivity index (χ0v) is 11.0. The van der Waals surface area contributed by atoms with E-state index in [1.807, 2.05) is 0 Å². The van der Waals surface area contributed by atoms with Crippen molar-refractivity contribution in [3.63, 3.8) is 0 Å². The van der Waals surface area contributed by atoms with Crippen molar-refractivity contribution in [2.45, 2.75) is 45.6 Å². The summed E-state index contributed by atoms with van der Waals surface area (Å²) in [6.45, 7) is 5.88. The zero-order valence-electron chi connectivity index (χ0n) is 8.85. The molecule has 1 N–H and O–H groups in total. The van der Waals surface area contributed by atoms with Crippen LogP contribution in [-0.2, 0) is 0 Å². The third-order valence-electron chi connectivity index (χ3n) is 3.11. The molecule has 0 aliphatic heterocycles. The molecule has 0 radical (unpaired) electrons. The molecule has 0 aromatic heterocycles. The van der Waals surface area contributed by atoms with E-state index in [1.54, 1.807) is 0 Å². The topological polar surface area (TPSA) is 12.0 Å². The fourth-order valence-electron chi connectivity index (χ4n) is 2.00. The average molecular weight is 295 g/mol. The number of halogens is 1. The van der Waals surface area contributed by atoms with Crippen molar-refractivity contribution in [2.24, 2.45) is 11.8 Å². The molecule has 1 rings (SSSR count). The molecule has 13 heavy (non-hydrogen) atoms. The number of hydrogen-bond acceptors (Lipinski definition) is 1. The van der Waals surface area contributed by atoms with Gasteiger partial charge in [-0.05, 0) is 31.2 Å². The number of alkyl halides is 1. The number of hydrogen-bond donors (Lipinski definition) is 1. The van der Waals surface area contributed by atoms with Gasteiger partial charge in [0.1, 0.15) is 0 Å². The van der Waals surface area contributed by atoms with Crippen LogP contribution in [0, 0.1) is 11.8 Å². The maximum Gasteiger partial charge on any atom is 0.0180 e. The standard InChI is InChI=1S/C11H22IN/c1-9(2)11(7-12)13-8-10-5-3-4-6-10/h9-11,13H,3-8H2,1-2H3. The second-order valence-corrected chi connectivity index (χ2v) is 5.44. The van der Waals surface area contributed by atoms with E-state index in [2.05, 4.69) is 41.8 Å². The van der Waals surface area contributed by atoms with Gasteiger partial charge in [0.05, 0.1) is 0 Å². The van der Waals surface area contributed by atoms with Gasteiger partial charge in [-0.15, -0.1) is 0 Å². The Morgan fingerprint density at radius 2 is 1.92 bits per heavy atom. The normalized spacial score (nSPS) is 21.2. The van der Waals surface area contributed by atoms with Gasteiger partial charge >= 0.3 is 0 Å². The van der Waals surface area contributed by atoms with Gasteiger partial charge in [0.15, 0.2) is 0 Å². The summed E-state index contributed by atoms with van der Waals surface area (Å²) in [5.74, 6) is 1.75. The van der Waals surface area contributed by atoms with Gasteiger partial charge in [-0.2, -0.15) is 0 Å². The Hall–Kier alpha value is 0.690. The van der Waals surface area contributed by atoms with Crippen LogP contribution in [0.15, 0.2) is 0 Å². The van der Waals surface area contributed by atoms with Crippen molar-refractivity contribution in [1.82, 2.24) is 5.32 Å². The molecule has 78 valence electrons. The molecule has 1 atom stereocenters. The highest BCUT2D eigenvalue weighted by atomic mass is 127. The van der Waals surface area contributed by atoms with E-state index >= 15 is 0 Å². The van der Waals surface area contributed by atoms with Crippen molar-refractivity contribution in [3.8, 4) is 0 Å². The molecular formula is C11H22IN. The first-order valence-corrected chi connectivity index (χ1v) is 7.06. The molecule has 0 aromatic carbocycles. The summed E-state index contributed by atoms with van der Waals surface area (Å²) >= 11 is 2.49. The second-order valence-electron chi connectivity index (χ2n) is 4.56. The minimum absolute atomic E-state index is 0.723. The lowest BCUT2D eigenvalue weighted by Gasteiger charge is -2.22. The van der Waals surface area contributed by atoms with E-state index < -0.39 is 0 Å². The summed E-state index contributed by atoms with van der Waals surface area (Å²) in [5, 5.41) is 3.70. The van der Waals surface area contributed by atoms with Crippen molar-refractivity contribution >= 4 is 22.6 Å². The molecule has 1 aliphatic carbocycles. The molecule has 0 aromatic rings. The van der Waals surface area contributed by atoms with Gasteiger partial charge in [-0.1, -0.05) is 49.3 Å². The summed E-state index contributed by atoms with van der Waals surface area (Å²) in [5.41, 5.74) is 0. The maximum absolute atomic E-state index is 3.70. The van der Waals surface area contributed by atoms with Gasteiger partial charge in [0.25, 0.3) is 0 Å². The van der Waals surface area contributed by atoms with E-state index in [0.717, 1.165) is 17.9 Å². The largest absolute Gasteiger partial charge is 0.313 e. The van der Waals surface area contributed by atoms with Gasteiger partial charge in [0, 0.05) is 10.5 Å². The molecule has 1 aliphatic rings. The molecule has 1 fully saturated rings. The first kappa shape index (κ1) is 11.8. The van der Waals surface area contributed by atoms with Crippen LogP contribution in [0.1, 0.15) is 39.5 Å². The summed E-state index contributed by atoms with van der Waals surface area (Å²) in [6, 6.07) is 0.723. The third kappa shape index (κ3) is 4.15. The number of rotatable bonds is 5. The van der Waals surface area contributed by atoms with Gasteiger partial charge in [-0.25, -0.2) is 0 Å². The van der Waals surface area contributed by atoms with Crippen LogP contribution in [0.3, 0.4) is 0 Å². The summed E-state index contributed by atoms with van der Waals surface area (Å²) in [4.78, 5) is 0. The highest BCUT2D eigenvalue weighted by molar-refractivity contribution is 14.1. The molecule has 0 heterocycles. The minimum Gasteiger partial charge on any atom is -0.313 e. The Balaban J connectivity index is 2.15. The molecule has 2 heteroatoms.